The predicted molar refractivity (Wildman–Crippen MR) is 218 cm³/mol. The highest BCUT2D eigenvalue weighted by Gasteiger charge is 2.17. The van der Waals surface area contributed by atoms with E-state index in [1.54, 1.807) is 0 Å². The third-order valence-electron chi connectivity index (χ3n) is 8.28. The Hall–Kier alpha value is -5.74. The van der Waals surface area contributed by atoms with Gasteiger partial charge in [-0.3, -0.25) is 0 Å². The summed E-state index contributed by atoms with van der Waals surface area (Å²) in [4.78, 5) is 16.0. The number of rotatable bonds is 6. The lowest BCUT2D eigenvalue weighted by Crippen LogP contribution is -2.09. The maximum Gasteiger partial charge on any atom is 0.0973 e. The lowest BCUT2D eigenvalue weighted by Gasteiger charge is -2.26. The highest BCUT2D eigenvalue weighted by atomic mass is 15.1. The van der Waals surface area contributed by atoms with Crippen LogP contribution in [0.15, 0.2) is 152 Å². The maximum atomic E-state index is 5.09. The molecule has 8 rings (SSSR count). The zero-order valence-corrected chi connectivity index (χ0v) is 30.2. The first-order valence-electron chi connectivity index (χ1n) is 18.0. The van der Waals surface area contributed by atoms with Gasteiger partial charge in [0.25, 0.3) is 0 Å². The third kappa shape index (κ3) is 7.76. The van der Waals surface area contributed by atoms with Gasteiger partial charge in [-0.25, -0.2) is 9.97 Å². The Kier molecular flexibility index (Phi) is 12.5. The number of aromatic nitrogens is 3. The van der Waals surface area contributed by atoms with Gasteiger partial charge in [0.2, 0.25) is 0 Å². The van der Waals surface area contributed by atoms with Crippen molar-refractivity contribution in [2.45, 2.75) is 54.4 Å². The normalized spacial score (nSPS) is 10.4. The second kappa shape index (κ2) is 17.6. The summed E-state index contributed by atoms with van der Waals surface area (Å²) in [7, 11) is 0. The van der Waals surface area contributed by atoms with E-state index >= 15 is 0 Å². The standard InChI is InChI=1S/C38H26N4.C4H10.2C2H6/c1-3-11-26(12-4-1)37-38(41-36-18-10-9-17-35(36)40-37)27-19-21-29(22-20-27)42(28-13-5-2-6-14-28)30-23-24-34-32(25-30)31-15-7-8-16-33(31)39-34;1-3-4-2;2*1-2/h1-25,39H;3-4H2,1-2H3;2*1-2H3. The van der Waals surface area contributed by atoms with E-state index in [0.29, 0.717) is 0 Å². The fourth-order valence-electron chi connectivity index (χ4n) is 5.77. The lowest BCUT2D eigenvalue weighted by atomic mass is 10.0. The number of hydrogen-bond donors (Lipinski definition) is 1. The molecule has 0 aliphatic rings. The molecule has 0 saturated heterocycles. The Balaban J connectivity index is 0.000000561. The maximum absolute atomic E-state index is 5.09. The zero-order valence-electron chi connectivity index (χ0n) is 30.2. The van der Waals surface area contributed by atoms with Crippen LogP contribution < -0.4 is 4.90 Å². The van der Waals surface area contributed by atoms with Crippen LogP contribution in [0.2, 0.25) is 0 Å². The monoisotopic (exact) mass is 656 g/mol. The van der Waals surface area contributed by atoms with E-state index in [-0.39, 0.29) is 0 Å². The first kappa shape index (κ1) is 35.6. The van der Waals surface area contributed by atoms with Gasteiger partial charge in [0.1, 0.15) is 0 Å². The van der Waals surface area contributed by atoms with Gasteiger partial charge in [-0.15, -0.1) is 0 Å². The molecule has 0 aliphatic carbocycles. The lowest BCUT2D eigenvalue weighted by molar-refractivity contribution is 0.886. The van der Waals surface area contributed by atoms with Crippen LogP contribution in [0.25, 0.3) is 55.4 Å². The number of benzene rings is 6. The molecule has 0 unspecified atom stereocenters. The summed E-state index contributed by atoms with van der Waals surface area (Å²) in [6.45, 7) is 12.4. The Morgan fingerprint density at radius 3 is 1.50 bits per heavy atom. The van der Waals surface area contributed by atoms with Crippen molar-refractivity contribution in [2.24, 2.45) is 0 Å². The van der Waals surface area contributed by atoms with Crippen molar-refractivity contribution in [3.8, 4) is 22.5 Å². The van der Waals surface area contributed by atoms with E-state index in [4.69, 9.17) is 9.97 Å². The minimum atomic E-state index is 0.873. The van der Waals surface area contributed by atoms with E-state index < -0.39 is 0 Å². The molecule has 0 spiro atoms. The molecule has 2 heterocycles. The van der Waals surface area contributed by atoms with Gasteiger partial charge in [0.05, 0.1) is 22.4 Å². The summed E-state index contributed by atoms with van der Waals surface area (Å²) in [5.41, 5.74) is 11.1. The van der Waals surface area contributed by atoms with Gasteiger partial charge in [0.15, 0.2) is 0 Å². The van der Waals surface area contributed by atoms with Gasteiger partial charge >= 0.3 is 0 Å². The van der Waals surface area contributed by atoms with Gasteiger partial charge in [0, 0.05) is 50.0 Å². The second-order valence-corrected chi connectivity index (χ2v) is 11.4. The van der Waals surface area contributed by atoms with Gasteiger partial charge < -0.3 is 9.88 Å². The molecule has 0 fully saturated rings. The number of fused-ring (bicyclic) bond motifs is 4. The summed E-state index contributed by atoms with van der Waals surface area (Å²) >= 11 is 0. The van der Waals surface area contributed by atoms with Crippen molar-refractivity contribution < 1.29 is 0 Å². The number of unbranched alkanes of at least 4 members (excludes halogenated alkanes) is 1. The van der Waals surface area contributed by atoms with Crippen molar-refractivity contribution in [3.05, 3.63) is 152 Å². The molecular formula is C46H48N4. The largest absolute Gasteiger partial charge is 0.355 e. The van der Waals surface area contributed by atoms with Gasteiger partial charge in [-0.05, 0) is 60.7 Å². The number of nitrogens with one attached hydrogen (secondary N) is 1. The van der Waals surface area contributed by atoms with E-state index in [1.165, 1.54) is 23.6 Å². The van der Waals surface area contributed by atoms with Crippen molar-refractivity contribution in [1.29, 1.82) is 0 Å². The first-order chi connectivity index (χ1) is 24.7. The molecule has 4 heteroatoms. The van der Waals surface area contributed by atoms with Crippen LogP contribution in [0.5, 0.6) is 0 Å². The Bertz CT molecular complexity index is 2220. The van der Waals surface area contributed by atoms with Crippen LogP contribution in [-0.4, -0.2) is 15.0 Å². The van der Waals surface area contributed by atoms with Gasteiger partial charge in [-0.1, -0.05) is 145 Å². The number of hydrogen-bond acceptors (Lipinski definition) is 3. The highest BCUT2D eigenvalue weighted by Crippen LogP contribution is 2.39. The minimum Gasteiger partial charge on any atom is -0.355 e. The van der Waals surface area contributed by atoms with Crippen molar-refractivity contribution in [2.75, 3.05) is 4.90 Å². The number of anilines is 3. The molecule has 8 aromatic rings. The second-order valence-electron chi connectivity index (χ2n) is 11.4. The number of aromatic amines is 1. The number of para-hydroxylation sites is 4. The molecule has 50 heavy (non-hydrogen) atoms. The quantitative estimate of drug-likeness (QED) is 0.194. The Morgan fingerprint density at radius 1 is 0.440 bits per heavy atom. The van der Waals surface area contributed by atoms with E-state index in [9.17, 15) is 0 Å². The summed E-state index contributed by atoms with van der Waals surface area (Å²) in [5, 5.41) is 2.43. The van der Waals surface area contributed by atoms with Gasteiger partial charge in [-0.2, -0.15) is 0 Å². The molecule has 0 saturated carbocycles. The molecule has 0 radical (unpaired) electrons. The van der Waals surface area contributed by atoms with Crippen LogP contribution in [0, 0.1) is 0 Å². The molecule has 6 aromatic carbocycles. The average Bonchev–Trinajstić information content (AvgIpc) is 3.58. The number of nitrogens with zero attached hydrogens (tertiary/aromatic N) is 3. The summed E-state index contributed by atoms with van der Waals surface area (Å²) in [5.74, 6) is 0. The smallest absolute Gasteiger partial charge is 0.0973 e. The first-order valence-corrected chi connectivity index (χ1v) is 18.0. The molecule has 1 N–H and O–H groups in total. The third-order valence-corrected chi connectivity index (χ3v) is 8.28. The molecule has 0 amide bonds. The Labute approximate surface area is 297 Å². The molecule has 2 aromatic heterocycles. The van der Waals surface area contributed by atoms with Crippen LogP contribution in [0.1, 0.15) is 54.4 Å². The van der Waals surface area contributed by atoms with E-state index in [2.05, 4.69) is 133 Å². The Morgan fingerprint density at radius 2 is 0.900 bits per heavy atom. The summed E-state index contributed by atoms with van der Waals surface area (Å²) in [6.07, 6.45) is 2.64. The highest BCUT2D eigenvalue weighted by molar-refractivity contribution is 6.08. The SMILES string of the molecule is CC.CC.CCCC.c1ccc(-c2nc3ccccc3nc2-c2ccc(N(c3ccccc3)c3ccc4[nH]c5ccccc5c4c3)cc2)cc1. The predicted octanol–water partition coefficient (Wildman–Crippen LogP) is 13.9. The summed E-state index contributed by atoms with van der Waals surface area (Å²) in [6, 6.07) is 52.6. The van der Waals surface area contributed by atoms with E-state index in [0.717, 1.165) is 61.6 Å². The van der Waals surface area contributed by atoms with Crippen molar-refractivity contribution >= 4 is 49.9 Å². The van der Waals surface area contributed by atoms with Crippen LogP contribution in [-0.2, 0) is 0 Å². The van der Waals surface area contributed by atoms with E-state index in [1.807, 2.05) is 70.2 Å². The molecule has 252 valence electrons. The topological polar surface area (TPSA) is 44.8 Å². The van der Waals surface area contributed by atoms with Crippen LogP contribution in [0.3, 0.4) is 0 Å². The van der Waals surface area contributed by atoms with Crippen LogP contribution >= 0.6 is 0 Å². The molecule has 4 nitrogen and oxygen atoms in total. The molecular weight excluding hydrogens is 609 g/mol. The molecule has 0 atom stereocenters. The summed E-state index contributed by atoms with van der Waals surface area (Å²) < 4.78 is 0. The average molecular weight is 657 g/mol. The number of H-pyrrole nitrogens is 1. The zero-order chi connectivity index (χ0) is 35.3. The van der Waals surface area contributed by atoms with Crippen molar-refractivity contribution in [3.63, 3.8) is 0 Å². The molecule has 0 aliphatic heterocycles. The molecule has 0 bridgehead atoms. The fraction of sp³-hybridized carbons (Fsp3) is 0.174. The van der Waals surface area contributed by atoms with Crippen molar-refractivity contribution in [1.82, 2.24) is 15.0 Å². The minimum absolute atomic E-state index is 0.873. The fourth-order valence-corrected chi connectivity index (χ4v) is 5.77. The van der Waals surface area contributed by atoms with Crippen LogP contribution in [0.4, 0.5) is 17.1 Å².